The standard InChI is InChI=1S/C22H27N3O2/c26-22(19-5-7-20(8-6-19)24-12-1-2-13-24)25-14-9-21(10-15-25)27-17-18-4-3-11-23-16-18/h3-8,11,16,21H,1-2,9-10,12-15,17H2. The molecule has 1 amide bonds. The minimum absolute atomic E-state index is 0.133. The number of hydrogen-bond donors (Lipinski definition) is 0. The molecule has 2 aromatic rings. The van der Waals surface area contributed by atoms with Gasteiger partial charge in [0.05, 0.1) is 12.7 Å². The number of rotatable bonds is 5. The van der Waals surface area contributed by atoms with Crippen LogP contribution in [0.3, 0.4) is 0 Å². The summed E-state index contributed by atoms with van der Waals surface area (Å²) in [6.07, 6.45) is 8.12. The lowest BCUT2D eigenvalue weighted by Gasteiger charge is -2.32. The molecular weight excluding hydrogens is 338 g/mol. The number of likely N-dealkylation sites (tertiary alicyclic amines) is 1. The first-order chi connectivity index (χ1) is 13.3. The molecular formula is C22H27N3O2. The zero-order chi connectivity index (χ0) is 18.5. The number of hydrogen-bond acceptors (Lipinski definition) is 4. The number of nitrogens with zero attached hydrogens (tertiary/aromatic N) is 3. The van der Waals surface area contributed by atoms with Gasteiger partial charge in [-0.15, -0.1) is 0 Å². The fourth-order valence-corrected chi connectivity index (χ4v) is 3.90. The first-order valence-electron chi connectivity index (χ1n) is 9.94. The molecule has 5 nitrogen and oxygen atoms in total. The summed E-state index contributed by atoms with van der Waals surface area (Å²) in [5, 5.41) is 0. The number of aromatic nitrogens is 1. The van der Waals surface area contributed by atoms with Gasteiger partial charge in [0.2, 0.25) is 0 Å². The molecule has 2 saturated heterocycles. The Labute approximate surface area is 161 Å². The molecule has 27 heavy (non-hydrogen) atoms. The third kappa shape index (κ3) is 4.48. The lowest BCUT2D eigenvalue weighted by molar-refractivity contribution is -0.000467. The van der Waals surface area contributed by atoms with Crippen LogP contribution in [-0.4, -0.2) is 48.1 Å². The predicted octanol–water partition coefficient (Wildman–Crippen LogP) is 3.50. The molecule has 0 radical (unpaired) electrons. The van der Waals surface area contributed by atoms with Crippen LogP contribution >= 0.6 is 0 Å². The minimum atomic E-state index is 0.133. The van der Waals surface area contributed by atoms with Crippen molar-refractivity contribution in [2.24, 2.45) is 0 Å². The van der Waals surface area contributed by atoms with E-state index in [1.165, 1.54) is 18.5 Å². The highest BCUT2D eigenvalue weighted by molar-refractivity contribution is 5.94. The Kier molecular flexibility index (Phi) is 5.68. The van der Waals surface area contributed by atoms with E-state index in [0.29, 0.717) is 6.61 Å². The van der Waals surface area contributed by atoms with Gasteiger partial charge in [-0.25, -0.2) is 0 Å². The van der Waals surface area contributed by atoms with Crippen molar-refractivity contribution >= 4 is 11.6 Å². The van der Waals surface area contributed by atoms with Gasteiger partial charge in [-0.2, -0.15) is 0 Å². The second-order valence-corrected chi connectivity index (χ2v) is 7.40. The first-order valence-corrected chi connectivity index (χ1v) is 9.94. The first kappa shape index (κ1) is 18.0. The molecule has 0 atom stereocenters. The van der Waals surface area contributed by atoms with Crippen LogP contribution < -0.4 is 4.90 Å². The summed E-state index contributed by atoms with van der Waals surface area (Å²) in [6, 6.07) is 12.1. The SMILES string of the molecule is O=C(c1ccc(N2CCCC2)cc1)N1CCC(OCc2cccnc2)CC1. The molecule has 0 aliphatic carbocycles. The van der Waals surface area contributed by atoms with Crippen molar-refractivity contribution in [3.63, 3.8) is 0 Å². The topological polar surface area (TPSA) is 45.7 Å². The highest BCUT2D eigenvalue weighted by Crippen LogP contribution is 2.22. The van der Waals surface area contributed by atoms with E-state index < -0.39 is 0 Å². The Balaban J connectivity index is 1.27. The Bertz CT molecular complexity index is 734. The fourth-order valence-electron chi connectivity index (χ4n) is 3.90. The summed E-state index contributed by atoms with van der Waals surface area (Å²) in [5.74, 6) is 0.133. The highest BCUT2D eigenvalue weighted by atomic mass is 16.5. The van der Waals surface area contributed by atoms with Crippen LogP contribution in [0, 0.1) is 0 Å². The maximum atomic E-state index is 12.8. The van der Waals surface area contributed by atoms with Crippen molar-refractivity contribution in [1.82, 2.24) is 9.88 Å². The molecule has 1 aromatic carbocycles. The molecule has 2 aliphatic rings. The quantitative estimate of drug-likeness (QED) is 0.814. The Morgan fingerprint density at radius 1 is 1.04 bits per heavy atom. The van der Waals surface area contributed by atoms with Gasteiger partial charge in [0, 0.05) is 49.8 Å². The van der Waals surface area contributed by atoms with E-state index in [1.807, 2.05) is 35.4 Å². The van der Waals surface area contributed by atoms with Crippen LogP contribution in [0.25, 0.3) is 0 Å². The monoisotopic (exact) mass is 365 g/mol. The number of carbonyl (C=O) groups is 1. The number of anilines is 1. The molecule has 0 unspecified atom stereocenters. The largest absolute Gasteiger partial charge is 0.373 e. The number of amides is 1. The van der Waals surface area contributed by atoms with Crippen LogP contribution in [0.1, 0.15) is 41.6 Å². The van der Waals surface area contributed by atoms with Gasteiger partial charge in [-0.3, -0.25) is 9.78 Å². The van der Waals surface area contributed by atoms with Gasteiger partial charge in [0.1, 0.15) is 0 Å². The van der Waals surface area contributed by atoms with Gasteiger partial charge in [-0.1, -0.05) is 6.07 Å². The van der Waals surface area contributed by atoms with Gasteiger partial charge in [0.15, 0.2) is 0 Å². The van der Waals surface area contributed by atoms with E-state index in [4.69, 9.17) is 4.74 Å². The third-order valence-corrected chi connectivity index (χ3v) is 5.52. The summed E-state index contributed by atoms with van der Waals surface area (Å²) in [5.41, 5.74) is 3.10. The van der Waals surface area contributed by atoms with E-state index in [-0.39, 0.29) is 12.0 Å². The summed E-state index contributed by atoms with van der Waals surface area (Å²) in [6.45, 7) is 4.35. The van der Waals surface area contributed by atoms with Gasteiger partial charge >= 0.3 is 0 Å². The highest BCUT2D eigenvalue weighted by Gasteiger charge is 2.24. The lowest BCUT2D eigenvalue weighted by atomic mass is 10.1. The Morgan fingerprint density at radius 2 is 1.78 bits per heavy atom. The minimum Gasteiger partial charge on any atom is -0.373 e. The molecule has 0 spiro atoms. The second kappa shape index (κ2) is 8.53. The maximum absolute atomic E-state index is 12.8. The van der Waals surface area contributed by atoms with Crippen molar-refractivity contribution in [2.75, 3.05) is 31.1 Å². The molecule has 4 rings (SSSR count). The number of carbonyl (C=O) groups excluding carboxylic acids is 1. The predicted molar refractivity (Wildman–Crippen MR) is 106 cm³/mol. The molecule has 0 N–H and O–H groups in total. The van der Waals surface area contributed by atoms with E-state index >= 15 is 0 Å². The molecule has 3 heterocycles. The van der Waals surface area contributed by atoms with Crippen LogP contribution in [0.5, 0.6) is 0 Å². The average molecular weight is 365 g/mol. The smallest absolute Gasteiger partial charge is 0.253 e. The zero-order valence-electron chi connectivity index (χ0n) is 15.7. The number of pyridine rings is 1. The molecule has 0 saturated carbocycles. The Morgan fingerprint density at radius 3 is 2.44 bits per heavy atom. The Hall–Kier alpha value is -2.40. The summed E-state index contributed by atoms with van der Waals surface area (Å²) in [7, 11) is 0. The summed E-state index contributed by atoms with van der Waals surface area (Å²) >= 11 is 0. The normalized spacial score (nSPS) is 18.1. The van der Waals surface area contributed by atoms with Crippen molar-refractivity contribution in [3.05, 3.63) is 59.9 Å². The fraction of sp³-hybridized carbons (Fsp3) is 0.455. The van der Waals surface area contributed by atoms with Crippen molar-refractivity contribution in [2.45, 2.75) is 38.4 Å². The van der Waals surface area contributed by atoms with E-state index in [9.17, 15) is 4.79 Å². The van der Waals surface area contributed by atoms with Crippen LogP contribution in [-0.2, 0) is 11.3 Å². The van der Waals surface area contributed by atoms with Crippen LogP contribution in [0.15, 0.2) is 48.8 Å². The van der Waals surface area contributed by atoms with Crippen LogP contribution in [0.2, 0.25) is 0 Å². The van der Waals surface area contributed by atoms with E-state index in [0.717, 1.165) is 50.1 Å². The molecule has 1 aromatic heterocycles. The number of piperidine rings is 1. The molecule has 0 bridgehead atoms. The average Bonchev–Trinajstić information content (AvgIpc) is 3.28. The van der Waals surface area contributed by atoms with E-state index in [2.05, 4.69) is 22.0 Å². The van der Waals surface area contributed by atoms with Crippen molar-refractivity contribution in [1.29, 1.82) is 0 Å². The van der Waals surface area contributed by atoms with Gasteiger partial charge in [0.25, 0.3) is 5.91 Å². The molecule has 142 valence electrons. The maximum Gasteiger partial charge on any atom is 0.253 e. The van der Waals surface area contributed by atoms with E-state index in [1.54, 1.807) is 6.20 Å². The summed E-state index contributed by atoms with van der Waals surface area (Å²) < 4.78 is 5.99. The number of ether oxygens (including phenoxy) is 1. The van der Waals surface area contributed by atoms with Gasteiger partial charge in [-0.05, 0) is 61.6 Å². The molecule has 2 aliphatic heterocycles. The van der Waals surface area contributed by atoms with Crippen molar-refractivity contribution in [3.8, 4) is 0 Å². The summed E-state index contributed by atoms with van der Waals surface area (Å²) in [4.78, 5) is 21.2. The second-order valence-electron chi connectivity index (χ2n) is 7.40. The van der Waals surface area contributed by atoms with Crippen LogP contribution in [0.4, 0.5) is 5.69 Å². The number of benzene rings is 1. The molecule has 2 fully saturated rings. The van der Waals surface area contributed by atoms with Crippen molar-refractivity contribution < 1.29 is 9.53 Å². The third-order valence-electron chi connectivity index (χ3n) is 5.52. The zero-order valence-corrected chi connectivity index (χ0v) is 15.7. The lowest BCUT2D eigenvalue weighted by Crippen LogP contribution is -2.40. The molecule has 5 heteroatoms. The van der Waals surface area contributed by atoms with Gasteiger partial charge < -0.3 is 14.5 Å².